The Bertz CT molecular complexity index is 685. The van der Waals surface area contributed by atoms with Crippen molar-refractivity contribution in [3.8, 4) is 0 Å². The number of para-hydroxylation sites is 2. The Morgan fingerprint density at radius 2 is 2.05 bits per heavy atom. The highest BCUT2D eigenvalue weighted by atomic mass is 35.5. The van der Waals surface area contributed by atoms with Gasteiger partial charge in [0, 0.05) is 6.20 Å². The van der Waals surface area contributed by atoms with Crippen molar-refractivity contribution in [3.63, 3.8) is 0 Å². The minimum Gasteiger partial charge on any atom is -0.323 e. The Morgan fingerprint density at radius 1 is 1.25 bits per heavy atom. The third kappa shape index (κ3) is 2.23. The first-order chi connectivity index (χ1) is 9.65. The summed E-state index contributed by atoms with van der Waals surface area (Å²) >= 11 is 5.75. The van der Waals surface area contributed by atoms with Gasteiger partial charge in [-0.1, -0.05) is 23.7 Å². The van der Waals surface area contributed by atoms with Crippen LogP contribution in [0.5, 0.6) is 0 Å². The van der Waals surface area contributed by atoms with E-state index >= 15 is 0 Å². The van der Waals surface area contributed by atoms with Crippen LogP contribution >= 0.6 is 11.6 Å². The van der Waals surface area contributed by atoms with Crippen molar-refractivity contribution in [1.82, 2.24) is 4.98 Å². The molecular formula is C14H10ClN3O2. The summed E-state index contributed by atoms with van der Waals surface area (Å²) in [5.74, 6) is -0.560. The van der Waals surface area contributed by atoms with Crippen LogP contribution in [0.25, 0.3) is 0 Å². The van der Waals surface area contributed by atoms with Gasteiger partial charge in [0.25, 0.3) is 5.91 Å². The van der Waals surface area contributed by atoms with E-state index in [2.05, 4.69) is 10.3 Å². The number of hydrogen-bond donors (Lipinski definition) is 1. The smallest absolute Gasteiger partial charge is 0.277 e. The summed E-state index contributed by atoms with van der Waals surface area (Å²) < 4.78 is 0. The molecule has 2 amide bonds. The van der Waals surface area contributed by atoms with Gasteiger partial charge in [0.2, 0.25) is 5.91 Å². The van der Waals surface area contributed by atoms with Crippen molar-refractivity contribution in [2.75, 3.05) is 16.8 Å². The van der Waals surface area contributed by atoms with Crippen LogP contribution in [0.4, 0.5) is 11.4 Å². The van der Waals surface area contributed by atoms with Crippen LogP contribution in [0.1, 0.15) is 10.5 Å². The lowest BCUT2D eigenvalue weighted by molar-refractivity contribution is -0.115. The Labute approximate surface area is 120 Å². The van der Waals surface area contributed by atoms with Gasteiger partial charge >= 0.3 is 0 Å². The lowest BCUT2D eigenvalue weighted by Gasteiger charge is -2.28. The third-order valence-electron chi connectivity index (χ3n) is 2.96. The maximum absolute atomic E-state index is 12.5. The second-order valence-corrected chi connectivity index (χ2v) is 4.75. The second kappa shape index (κ2) is 4.94. The van der Waals surface area contributed by atoms with E-state index in [1.165, 1.54) is 11.1 Å². The Hall–Kier alpha value is -2.40. The number of nitrogens with zero attached hydrogens (tertiary/aromatic N) is 2. The highest BCUT2D eigenvalue weighted by molar-refractivity contribution is 6.30. The average molecular weight is 288 g/mol. The molecule has 0 atom stereocenters. The predicted octanol–water partition coefficient (Wildman–Crippen LogP) is 2.33. The van der Waals surface area contributed by atoms with Gasteiger partial charge in [0.15, 0.2) is 0 Å². The summed E-state index contributed by atoms with van der Waals surface area (Å²) in [4.78, 5) is 29.5. The summed E-state index contributed by atoms with van der Waals surface area (Å²) in [5, 5.41) is 3.19. The highest BCUT2D eigenvalue weighted by Crippen LogP contribution is 2.29. The highest BCUT2D eigenvalue weighted by Gasteiger charge is 2.27. The van der Waals surface area contributed by atoms with Crippen molar-refractivity contribution in [2.24, 2.45) is 0 Å². The number of aromatic nitrogens is 1. The molecule has 1 aromatic carbocycles. The molecule has 20 heavy (non-hydrogen) atoms. The zero-order chi connectivity index (χ0) is 14.1. The van der Waals surface area contributed by atoms with Gasteiger partial charge in [-0.25, -0.2) is 4.98 Å². The topological polar surface area (TPSA) is 62.3 Å². The fourth-order valence-electron chi connectivity index (χ4n) is 2.06. The number of hydrogen-bond acceptors (Lipinski definition) is 3. The van der Waals surface area contributed by atoms with Crippen LogP contribution in [-0.4, -0.2) is 23.3 Å². The number of anilines is 2. The zero-order valence-electron chi connectivity index (χ0n) is 10.3. The third-order valence-corrected chi connectivity index (χ3v) is 3.19. The molecule has 0 radical (unpaired) electrons. The normalized spacial score (nSPS) is 13.7. The number of amides is 2. The monoisotopic (exact) mass is 287 g/mol. The largest absolute Gasteiger partial charge is 0.323 e. The molecule has 0 unspecified atom stereocenters. The van der Waals surface area contributed by atoms with Gasteiger partial charge in [-0.15, -0.1) is 0 Å². The van der Waals surface area contributed by atoms with E-state index in [9.17, 15) is 9.59 Å². The number of carbonyl (C=O) groups excluding carboxylic acids is 2. The fraction of sp³-hybridized carbons (Fsp3) is 0.0714. The van der Waals surface area contributed by atoms with Gasteiger partial charge in [0.05, 0.1) is 16.4 Å². The molecule has 5 nitrogen and oxygen atoms in total. The molecule has 1 aliphatic rings. The number of benzene rings is 1. The minimum atomic E-state index is -0.330. The standard InChI is InChI=1S/C14H10ClN3O2/c15-9-5-6-11(16-7-9)14(20)18-8-13(19)17-10-3-1-2-4-12(10)18/h1-7H,8H2,(H,17,19). The van der Waals surface area contributed by atoms with E-state index < -0.39 is 0 Å². The van der Waals surface area contributed by atoms with Gasteiger partial charge in [-0.2, -0.15) is 0 Å². The number of carbonyl (C=O) groups is 2. The molecule has 6 heteroatoms. The minimum absolute atomic E-state index is 0.0276. The molecule has 2 heterocycles. The number of fused-ring (bicyclic) bond motifs is 1. The molecule has 3 rings (SSSR count). The maximum atomic E-state index is 12.5. The molecule has 0 saturated carbocycles. The molecule has 1 N–H and O–H groups in total. The molecule has 2 aromatic rings. The summed E-state index contributed by atoms with van der Waals surface area (Å²) in [5.41, 5.74) is 1.53. The molecule has 0 bridgehead atoms. The first-order valence-electron chi connectivity index (χ1n) is 5.97. The van der Waals surface area contributed by atoms with Gasteiger partial charge in [0.1, 0.15) is 12.2 Å². The number of rotatable bonds is 1. The first kappa shape index (κ1) is 12.6. The predicted molar refractivity (Wildman–Crippen MR) is 76.0 cm³/mol. The molecule has 0 aliphatic carbocycles. The maximum Gasteiger partial charge on any atom is 0.277 e. The summed E-state index contributed by atoms with van der Waals surface area (Å²) in [6.45, 7) is -0.0276. The van der Waals surface area contributed by atoms with Crippen molar-refractivity contribution in [3.05, 3.63) is 53.3 Å². The van der Waals surface area contributed by atoms with E-state index in [1.807, 2.05) is 6.07 Å². The fourth-order valence-corrected chi connectivity index (χ4v) is 2.17. The van der Waals surface area contributed by atoms with Crippen LogP contribution in [-0.2, 0) is 4.79 Å². The summed E-state index contributed by atoms with van der Waals surface area (Å²) in [7, 11) is 0. The molecule has 0 saturated heterocycles. The van der Waals surface area contributed by atoms with E-state index in [0.29, 0.717) is 16.4 Å². The SMILES string of the molecule is O=C1CN(C(=O)c2ccc(Cl)cn2)c2ccccc2N1. The van der Waals surface area contributed by atoms with Gasteiger partial charge in [-0.05, 0) is 24.3 Å². The van der Waals surface area contributed by atoms with Gasteiger partial charge in [-0.3, -0.25) is 14.5 Å². The Morgan fingerprint density at radius 3 is 2.80 bits per heavy atom. The van der Waals surface area contributed by atoms with Crippen LogP contribution in [0, 0.1) is 0 Å². The average Bonchev–Trinajstić information content (AvgIpc) is 2.46. The molecular weight excluding hydrogens is 278 g/mol. The number of nitrogens with one attached hydrogen (secondary N) is 1. The van der Waals surface area contributed by atoms with E-state index in [0.717, 1.165) is 0 Å². The number of halogens is 1. The lowest BCUT2D eigenvalue weighted by Crippen LogP contribution is -2.42. The van der Waals surface area contributed by atoms with Crippen LogP contribution in [0.3, 0.4) is 0 Å². The van der Waals surface area contributed by atoms with E-state index in [1.54, 1.807) is 30.3 Å². The lowest BCUT2D eigenvalue weighted by atomic mass is 10.1. The van der Waals surface area contributed by atoms with Gasteiger partial charge < -0.3 is 5.32 Å². The second-order valence-electron chi connectivity index (χ2n) is 4.32. The molecule has 0 fully saturated rings. The van der Waals surface area contributed by atoms with Crippen LogP contribution < -0.4 is 10.2 Å². The first-order valence-corrected chi connectivity index (χ1v) is 6.35. The Kier molecular flexibility index (Phi) is 3.12. The van der Waals surface area contributed by atoms with Crippen LogP contribution in [0.2, 0.25) is 5.02 Å². The summed E-state index contributed by atoms with van der Waals surface area (Å²) in [6, 6.07) is 10.3. The molecule has 1 aliphatic heterocycles. The van der Waals surface area contributed by atoms with Crippen molar-refractivity contribution < 1.29 is 9.59 Å². The number of pyridine rings is 1. The quantitative estimate of drug-likeness (QED) is 0.875. The molecule has 100 valence electrons. The van der Waals surface area contributed by atoms with Crippen molar-refractivity contribution in [2.45, 2.75) is 0 Å². The van der Waals surface area contributed by atoms with E-state index in [-0.39, 0.29) is 24.1 Å². The van der Waals surface area contributed by atoms with E-state index in [4.69, 9.17) is 11.6 Å². The summed E-state index contributed by atoms with van der Waals surface area (Å²) in [6.07, 6.45) is 1.41. The van der Waals surface area contributed by atoms with Crippen molar-refractivity contribution >= 4 is 34.8 Å². The van der Waals surface area contributed by atoms with Crippen LogP contribution in [0.15, 0.2) is 42.6 Å². The molecule has 1 aromatic heterocycles. The Balaban J connectivity index is 1.99. The zero-order valence-corrected chi connectivity index (χ0v) is 11.1. The van der Waals surface area contributed by atoms with Crippen molar-refractivity contribution in [1.29, 1.82) is 0 Å². The molecule has 0 spiro atoms.